The molecule has 0 spiro atoms. The van der Waals surface area contributed by atoms with Gasteiger partial charge in [0.25, 0.3) is 0 Å². The van der Waals surface area contributed by atoms with Gasteiger partial charge in [-0.3, -0.25) is 4.90 Å². The molecule has 0 amide bonds. The van der Waals surface area contributed by atoms with Crippen LogP contribution in [0.5, 0.6) is 0 Å². The maximum absolute atomic E-state index is 12.7. The second-order valence-corrected chi connectivity index (χ2v) is 8.68. The highest BCUT2D eigenvalue weighted by Crippen LogP contribution is 2.60. The highest BCUT2D eigenvalue weighted by Gasteiger charge is 2.51. The SMILES string of the molecule is CN(Cc1nccn1CC(F)(F)F)CC12CC3CC(CC(C3)C1)C2. The summed E-state index contributed by atoms with van der Waals surface area (Å²) < 4.78 is 39.2. The van der Waals surface area contributed by atoms with E-state index in [9.17, 15) is 13.2 Å². The van der Waals surface area contributed by atoms with Gasteiger partial charge in [0.1, 0.15) is 12.4 Å². The third-order valence-electron chi connectivity index (χ3n) is 6.33. The first-order valence-electron chi connectivity index (χ1n) is 9.06. The van der Waals surface area contributed by atoms with E-state index in [1.807, 2.05) is 7.05 Å². The summed E-state index contributed by atoms with van der Waals surface area (Å²) in [5.41, 5.74) is 0.408. The maximum Gasteiger partial charge on any atom is 0.406 e. The van der Waals surface area contributed by atoms with E-state index in [1.54, 1.807) is 0 Å². The summed E-state index contributed by atoms with van der Waals surface area (Å²) in [7, 11) is 2.03. The monoisotopic (exact) mass is 341 g/mol. The predicted molar refractivity (Wildman–Crippen MR) is 85.2 cm³/mol. The van der Waals surface area contributed by atoms with Gasteiger partial charge < -0.3 is 4.57 Å². The number of hydrogen-bond acceptors (Lipinski definition) is 2. The highest BCUT2D eigenvalue weighted by molar-refractivity contribution is 5.03. The van der Waals surface area contributed by atoms with Crippen LogP contribution in [0.25, 0.3) is 0 Å². The van der Waals surface area contributed by atoms with Gasteiger partial charge in [0.15, 0.2) is 0 Å². The molecule has 4 saturated carbocycles. The number of rotatable bonds is 5. The van der Waals surface area contributed by atoms with Crippen molar-refractivity contribution in [2.24, 2.45) is 23.2 Å². The van der Waals surface area contributed by atoms with Gasteiger partial charge in [0.05, 0.1) is 6.54 Å². The third kappa shape index (κ3) is 3.35. The summed E-state index contributed by atoms with van der Waals surface area (Å²) in [4.78, 5) is 6.35. The van der Waals surface area contributed by atoms with Crippen molar-refractivity contribution in [3.63, 3.8) is 0 Å². The van der Waals surface area contributed by atoms with Crippen LogP contribution >= 0.6 is 0 Å². The second-order valence-electron chi connectivity index (χ2n) is 8.68. The minimum Gasteiger partial charge on any atom is -0.325 e. The van der Waals surface area contributed by atoms with E-state index in [2.05, 4.69) is 9.88 Å². The van der Waals surface area contributed by atoms with Crippen LogP contribution < -0.4 is 0 Å². The molecule has 1 aromatic heterocycles. The van der Waals surface area contributed by atoms with Gasteiger partial charge in [-0.05, 0) is 68.7 Å². The Hall–Kier alpha value is -1.04. The smallest absolute Gasteiger partial charge is 0.325 e. The zero-order valence-electron chi connectivity index (χ0n) is 14.2. The maximum atomic E-state index is 12.7. The van der Waals surface area contributed by atoms with Crippen molar-refractivity contribution in [2.45, 2.75) is 57.8 Å². The molecule has 0 N–H and O–H groups in total. The zero-order valence-corrected chi connectivity index (χ0v) is 14.2. The van der Waals surface area contributed by atoms with Crippen LogP contribution in [-0.2, 0) is 13.1 Å². The van der Waals surface area contributed by atoms with Crippen LogP contribution in [0.4, 0.5) is 13.2 Å². The number of aromatic nitrogens is 2. The summed E-state index contributed by atoms with van der Waals surface area (Å²) in [5, 5.41) is 0. The zero-order chi connectivity index (χ0) is 16.9. The Balaban J connectivity index is 1.41. The Morgan fingerprint density at radius 1 is 1.17 bits per heavy atom. The molecule has 4 aliphatic carbocycles. The molecule has 0 atom stereocenters. The molecule has 0 aliphatic heterocycles. The number of imidazole rings is 1. The Kier molecular flexibility index (Phi) is 3.94. The Bertz CT molecular complexity index is 557. The van der Waals surface area contributed by atoms with E-state index in [-0.39, 0.29) is 0 Å². The number of halogens is 3. The summed E-state index contributed by atoms with van der Waals surface area (Å²) >= 11 is 0. The van der Waals surface area contributed by atoms with Gasteiger partial charge in [0.2, 0.25) is 0 Å². The molecular formula is C18H26F3N3. The molecule has 134 valence electrons. The summed E-state index contributed by atoms with van der Waals surface area (Å²) in [6.45, 7) is 0.535. The number of alkyl halides is 3. The van der Waals surface area contributed by atoms with Crippen molar-refractivity contribution in [2.75, 3.05) is 13.6 Å². The van der Waals surface area contributed by atoms with Crippen molar-refractivity contribution in [1.82, 2.24) is 14.5 Å². The highest BCUT2D eigenvalue weighted by atomic mass is 19.4. The first kappa shape index (κ1) is 16.4. The molecule has 1 aromatic rings. The minimum atomic E-state index is -4.20. The summed E-state index contributed by atoms with van der Waals surface area (Å²) in [6.07, 6.45) is 6.91. The average molecular weight is 341 g/mol. The Labute approximate surface area is 141 Å². The molecule has 24 heavy (non-hydrogen) atoms. The molecule has 0 radical (unpaired) electrons. The van der Waals surface area contributed by atoms with Gasteiger partial charge in [-0.2, -0.15) is 13.2 Å². The number of nitrogens with zero attached hydrogens (tertiary/aromatic N) is 3. The van der Waals surface area contributed by atoms with Crippen molar-refractivity contribution in [3.05, 3.63) is 18.2 Å². The van der Waals surface area contributed by atoms with Crippen LogP contribution in [0.15, 0.2) is 12.4 Å². The van der Waals surface area contributed by atoms with E-state index in [0.717, 1.165) is 24.3 Å². The molecule has 0 saturated heterocycles. The summed E-state index contributed by atoms with van der Waals surface area (Å²) in [5.74, 6) is 3.21. The van der Waals surface area contributed by atoms with Crippen LogP contribution in [-0.4, -0.2) is 34.2 Å². The molecule has 5 rings (SSSR count). The predicted octanol–water partition coefficient (Wildman–Crippen LogP) is 4.09. The molecule has 1 heterocycles. The largest absolute Gasteiger partial charge is 0.406 e. The van der Waals surface area contributed by atoms with Gasteiger partial charge >= 0.3 is 6.18 Å². The van der Waals surface area contributed by atoms with Crippen molar-refractivity contribution in [1.29, 1.82) is 0 Å². The fraction of sp³-hybridized carbons (Fsp3) is 0.833. The molecule has 4 aliphatic rings. The van der Waals surface area contributed by atoms with Gasteiger partial charge in [-0.15, -0.1) is 0 Å². The van der Waals surface area contributed by atoms with Crippen LogP contribution in [0, 0.1) is 23.2 Å². The lowest BCUT2D eigenvalue weighted by Crippen LogP contribution is -2.50. The topological polar surface area (TPSA) is 21.1 Å². The normalized spacial score (nSPS) is 35.1. The van der Waals surface area contributed by atoms with E-state index in [1.165, 1.54) is 55.5 Å². The number of hydrogen-bond donors (Lipinski definition) is 0. The molecule has 3 nitrogen and oxygen atoms in total. The Morgan fingerprint density at radius 3 is 2.29 bits per heavy atom. The van der Waals surface area contributed by atoms with Crippen LogP contribution in [0.2, 0.25) is 0 Å². The van der Waals surface area contributed by atoms with Gasteiger partial charge in [-0.1, -0.05) is 0 Å². The van der Waals surface area contributed by atoms with Crippen molar-refractivity contribution in [3.8, 4) is 0 Å². The van der Waals surface area contributed by atoms with Crippen molar-refractivity contribution >= 4 is 0 Å². The van der Waals surface area contributed by atoms with Gasteiger partial charge in [0, 0.05) is 18.9 Å². The van der Waals surface area contributed by atoms with E-state index in [0.29, 0.717) is 17.8 Å². The third-order valence-corrected chi connectivity index (χ3v) is 6.33. The first-order valence-corrected chi connectivity index (χ1v) is 9.06. The molecule has 0 aromatic carbocycles. The standard InChI is InChI=1S/C18H26F3N3/c1-23(10-16-22-2-3-24(16)12-18(19,20)21)11-17-7-13-4-14(8-17)6-15(5-13)9-17/h2-3,13-15H,4-12H2,1H3. The van der Waals surface area contributed by atoms with Crippen LogP contribution in [0.1, 0.15) is 44.3 Å². The molecule has 4 bridgehead atoms. The van der Waals surface area contributed by atoms with E-state index < -0.39 is 12.7 Å². The molecule has 0 unspecified atom stereocenters. The second kappa shape index (κ2) is 5.75. The average Bonchev–Trinajstić information content (AvgIpc) is 2.81. The fourth-order valence-corrected chi connectivity index (χ4v) is 6.18. The molecule has 4 fully saturated rings. The lowest BCUT2D eigenvalue weighted by molar-refractivity contribution is -0.141. The van der Waals surface area contributed by atoms with E-state index >= 15 is 0 Å². The van der Waals surface area contributed by atoms with Gasteiger partial charge in [-0.25, -0.2) is 4.98 Å². The molecule has 6 heteroatoms. The first-order chi connectivity index (χ1) is 11.3. The fourth-order valence-electron chi connectivity index (χ4n) is 6.18. The quantitative estimate of drug-likeness (QED) is 0.804. The lowest BCUT2D eigenvalue weighted by atomic mass is 9.49. The summed E-state index contributed by atoms with van der Waals surface area (Å²) in [6, 6.07) is 0. The van der Waals surface area contributed by atoms with E-state index in [4.69, 9.17) is 0 Å². The Morgan fingerprint density at radius 2 is 1.75 bits per heavy atom. The minimum absolute atomic E-state index is 0.408. The van der Waals surface area contributed by atoms with Crippen LogP contribution in [0.3, 0.4) is 0 Å². The lowest BCUT2D eigenvalue weighted by Gasteiger charge is -2.57. The molecular weight excluding hydrogens is 315 g/mol. The van der Waals surface area contributed by atoms with Crippen molar-refractivity contribution < 1.29 is 13.2 Å².